The van der Waals surface area contributed by atoms with Gasteiger partial charge in [-0.3, -0.25) is 0 Å². The van der Waals surface area contributed by atoms with Gasteiger partial charge in [0.15, 0.2) is 0 Å². The molecule has 0 unspecified atom stereocenters. The van der Waals surface area contributed by atoms with E-state index in [0.29, 0.717) is 17.5 Å². The van der Waals surface area contributed by atoms with E-state index in [-0.39, 0.29) is 10.2 Å². The molecule has 2 rings (SSSR count). The van der Waals surface area contributed by atoms with Gasteiger partial charge in [-0.25, -0.2) is 24.6 Å². The molecular formula is C11H10BrF2N5. The molecule has 0 amide bonds. The molecule has 5 nitrogen and oxygen atoms in total. The van der Waals surface area contributed by atoms with Crippen molar-refractivity contribution in [2.45, 2.75) is 6.92 Å². The smallest absolute Gasteiger partial charge is 0.149 e. The molecule has 19 heavy (non-hydrogen) atoms. The van der Waals surface area contributed by atoms with Crippen LogP contribution in [0.15, 0.2) is 22.7 Å². The van der Waals surface area contributed by atoms with Crippen molar-refractivity contribution < 1.29 is 8.78 Å². The molecule has 1 aromatic carbocycles. The van der Waals surface area contributed by atoms with Crippen LogP contribution in [0.5, 0.6) is 0 Å². The summed E-state index contributed by atoms with van der Waals surface area (Å²) in [5.74, 6) is 5.05. The number of nitrogens with two attached hydrogens (primary N) is 1. The number of nitrogens with zero attached hydrogens (tertiary/aromatic N) is 2. The fraction of sp³-hybridized carbons (Fsp3) is 0.0909. The molecule has 4 N–H and O–H groups in total. The zero-order valence-corrected chi connectivity index (χ0v) is 11.4. The van der Waals surface area contributed by atoms with Gasteiger partial charge in [-0.1, -0.05) is 0 Å². The van der Waals surface area contributed by atoms with E-state index < -0.39 is 11.6 Å². The molecule has 0 aliphatic rings. The second-order valence-corrected chi connectivity index (χ2v) is 4.56. The molecule has 2 aromatic rings. The Balaban J connectivity index is 2.36. The number of hydrogen-bond acceptors (Lipinski definition) is 5. The van der Waals surface area contributed by atoms with Crippen molar-refractivity contribution in [2.75, 3.05) is 10.7 Å². The number of rotatable bonds is 3. The van der Waals surface area contributed by atoms with Crippen molar-refractivity contribution in [3.8, 4) is 0 Å². The predicted octanol–water partition coefficient (Wildman–Crippen LogP) is 2.85. The van der Waals surface area contributed by atoms with Crippen molar-refractivity contribution in [2.24, 2.45) is 5.84 Å². The number of nitrogens with one attached hydrogen (secondary N) is 2. The van der Waals surface area contributed by atoms with Gasteiger partial charge < -0.3 is 10.7 Å². The summed E-state index contributed by atoms with van der Waals surface area (Å²) >= 11 is 2.99. The number of hydrazine groups is 1. The van der Waals surface area contributed by atoms with Crippen LogP contribution in [0.4, 0.5) is 26.1 Å². The molecule has 0 bridgehead atoms. The quantitative estimate of drug-likeness (QED) is 0.458. The molecule has 8 heteroatoms. The number of nitrogen functional groups attached to an aromatic ring is 1. The standard InChI is InChI=1S/C11H10BrF2N5/c1-5-16-10(4-11(17-5)19-15)18-9-2-6(12)7(13)3-8(9)14/h2-4H,15H2,1H3,(H2,16,17,18,19). The largest absolute Gasteiger partial charge is 0.338 e. The summed E-state index contributed by atoms with van der Waals surface area (Å²) < 4.78 is 26.9. The SMILES string of the molecule is Cc1nc(NN)cc(Nc2cc(Br)c(F)cc2F)n1. The van der Waals surface area contributed by atoms with Crippen molar-refractivity contribution >= 4 is 33.3 Å². The molecule has 1 heterocycles. The molecule has 0 atom stereocenters. The summed E-state index contributed by atoms with van der Waals surface area (Å²) in [6.45, 7) is 1.67. The molecule has 0 spiro atoms. The van der Waals surface area contributed by atoms with Crippen LogP contribution in [-0.4, -0.2) is 9.97 Å². The number of benzene rings is 1. The third kappa shape index (κ3) is 3.15. The normalized spacial score (nSPS) is 10.4. The first-order chi connectivity index (χ1) is 8.99. The predicted molar refractivity (Wildman–Crippen MR) is 71.9 cm³/mol. The lowest BCUT2D eigenvalue weighted by Gasteiger charge is -2.09. The van der Waals surface area contributed by atoms with E-state index in [1.807, 2.05) is 0 Å². The number of aromatic nitrogens is 2. The van der Waals surface area contributed by atoms with E-state index in [0.717, 1.165) is 6.07 Å². The van der Waals surface area contributed by atoms with Crippen LogP contribution in [-0.2, 0) is 0 Å². The number of halogens is 3. The van der Waals surface area contributed by atoms with E-state index in [9.17, 15) is 8.78 Å². The lowest BCUT2D eigenvalue weighted by atomic mass is 10.3. The Labute approximate surface area is 116 Å². The highest BCUT2D eigenvalue weighted by atomic mass is 79.9. The minimum absolute atomic E-state index is 0.0920. The summed E-state index contributed by atoms with van der Waals surface area (Å²) in [4.78, 5) is 8.07. The van der Waals surface area contributed by atoms with Crippen LogP contribution in [0, 0.1) is 18.6 Å². The van der Waals surface area contributed by atoms with Crippen LogP contribution >= 0.6 is 15.9 Å². The van der Waals surface area contributed by atoms with Gasteiger partial charge in [0.05, 0.1) is 10.2 Å². The van der Waals surface area contributed by atoms with E-state index >= 15 is 0 Å². The molecular weight excluding hydrogens is 320 g/mol. The first-order valence-electron chi connectivity index (χ1n) is 5.23. The van der Waals surface area contributed by atoms with Gasteiger partial charge in [-0.15, -0.1) is 0 Å². The molecule has 0 aliphatic heterocycles. The highest BCUT2D eigenvalue weighted by molar-refractivity contribution is 9.10. The van der Waals surface area contributed by atoms with E-state index in [1.54, 1.807) is 6.92 Å². The van der Waals surface area contributed by atoms with Gasteiger partial charge in [0, 0.05) is 12.1 Å². The third-order valence-corrected chi connectivity index (χ3v) is 2.87. The molecule has 0 saturated carbocycles. The highest BCUT2D eigenvalue weighted by Gasteiger charge is 2.10. The molecule has 1 aromatic heterocycles. The number of aryl methyl sites for hydroxylation is 1. The Bertz CT molecular complexity index is 620. The van der Waals surface area contributed by atoms with Crippen molar-refractivity contribution in [3.63, 3.8) is 0 Å². The number of hydrogen-bond donors (Lipinski definition) is 3. The average Bonchev–Trinajstić information content (AvgIpc) is 2.35. The monoisotopic (exact) mass is 329 g/mol. The van der Waals surface area contributed by atoms with Gasteiger partial charge >= 0.3 is 0 Å². The van der Waals surface area contributed by atoms with Gasteiger partial charge in [0.25, 0.3) is 0 Å². The Morgan fingerprint density at radius 2 is 1.79 bits per heavy atom. The lowest BCUT2D eigenvalue weighted by Crippen LogP contribution is -2.10. The maximum atomic E-state index is 13.6. The topological polar surface area (TPSA) is 75.9 Å². The van der Waals surface area contributed by atoms with Crippen LogP contribution in [0.1, 0.15) is 5.82 Å². The lowest BCUT2D eigenvalue weighted by molar-refractivity contribution is 0.581. The minimum Gasteiger partial charge on any atom is -0.338 e. The van der Waals surface area contributed by atoms with Crippen LogP contribution in [0.3, 0.4) is 0 Å². The highest BCUT2D eigenvalue weighted by Crippen LogP contribution is 2.26. The Kier molecular flexibility index (Phi) is 3.91. The number of anilines is 3. The van der Waals surface area contributed by atoms with Crippen molar-refractivity contribution in [1.82, 2.24) is 9.97 Å². The molecule has 0 aliphatic carbocycles. The van der Waals surface area contributed by atoms with Gasteiger partial charge in [0.2, 0.25) is 0 Å². The van der Waals surface area contributed by atoms with Gasteiger partial charge in [0.1, 0.15) is 29.1 Å². The summed E-state index contributed by atoms with van der Waals surface area (Å²) in [5.41, 5.74) is 2.47. The zero-order valence-electron chi connectivity index (χ0n) is 9.84. The van der Waals surface area contributed by atoms with Crippen LogP contribution < -0.4 is 16.6 Å². The third-order valence-electron chi connectivity index (χ3n) is 2.26. The molecule has 0 saturated heterocycles. The fourth-order valence-electron chi connectivity index (χ4n) is 1.46. The second-order valence-electron chi connectivity index (χ2n) is 3.70. The van der Waals surface area contributed by atoms with Crippen molar-refractivity contribution in [1.29, 1.82) is 0 Å². The van der Waals surface area contributed by atoms with E-state index in [4.69, 9.17) is 5.84 Å². The Hall–Kier alpha value is -1.80. The maximum Gasteiger partial charge on any atom is 0.149 e. The Morgan fingerprint density at radius 1 is 1.11 bits per heavy atom. The maximum absolute atomic E-state index is 13.6. The summed E-state index contributed by atoms with van der Waals surface area (Å²) in [7, 11) is 0. The molecule has 0 radical (unpaired) electrons. The van der Waals surface area contributed by atoms with E-state index in [1.165, 1.54) is 12.1 Å². The first-order valence-corrected chi connectivity index (χ1v) is 6.03. The Morgan fingerprint density at radius 3 is 2.47 bits per heavy atom. The van der Waals surface area contributed by atoms with Crippen LogP contribution in [0.2, 0.25) is 0 Å². The van der Waals surface area contributed by atoms with Gasteiger partial charge in [-0.05, 0) is 28.9 Å². The van der Waals surface area contributed by atoms with Crippen LogP contribution in [0.25, 0.3) is 0 Å². The summed E-state index contributed by atoms with van der Waals surface area (Å²) in [6, 6.07) is 3.57. The van der Waals surface area contributed by atoms with Gasteiger partial charge in [-0.2, -0.15) is 0 Å². The van der Waals surface area contributed by atoms with E-state index in [2.05, 4.69) is 36.6 Å². The summed E-state index contributed by atoms with van der Waals surface area (Å²) in [6.07, 6.45) is 0. The summed E-state index contributed by atoms with van der Waals surface area (Å²) in [5, 5.41) is 2.74. The molecule has 0 fully saturated rings. The average molecular weight is 330 g/mol. The first kappa shape index (κ1) is 13.6. The fourth-order valence-corrected chi connectivity index (χ4v) is 1.81. The molecule has 100 valence electrons. The minimum atomic E-state index is -0.723. The second kappa shape index (κ2) is 5.45. The van der Waals surface area contributed by atoms with Crippen molar-refractivity contribution in [3.05, 3.63) is 40.1 Å². The zero-order chi connectivity index (χ0) is 14.0.